The highest BCUT2D eigenvalue weighted by atomic mass is 32.2. The van der Waals surface area contributed by atoms with E-state index in [0.29, 0.717) is 19.2 Å². The lowest BCUT2D eigenvalue weighted by Gasteiger charge is -2.33. The Balaban J connectivity index is 1.43. The van der Waals surface area contributed by atoms with Crippen molar-refractivity contribution in [2.45, 2.75) is 31.3 Å². The molecule has 0 radical (unpaired) electrons. The standard InChI is InChI=1S/C23H24F3N3O2S2/c1-16-5-3-6-17(2)21(16)14-19-15-32-22(27-19)28-9-11-29(12-10-28)33(30,31)20-8-4-7-18(13-20)23(24,25)26/h3-8,13,15H,9-12,14H2,1-2H3. The molecule has 33 heavy (non-hydrogen) atoms. The number of anilines is 1. The van der Waals surface area contributed by atoms with Gasteiger partial charge >= 0.3 is 6.18 Å². The lowest BCUT2D eigenvalue weighted by molar-refractivity contribution is -0.137. The summed E-state index contributed by atoms with van der Waals surface area (Å²) < 4.78 is 66.1. The number of alkyl halides is 3. The third kappa shape index (κ3) is 5.07. The fourth-order valence-corrected chi connectivity index (χ4v) is 6.28. The molecule has 2 aromatic carbocycles. The van der Waals surface area contributed by atoms with Crippen molar-refractivity contribution in [3.05, 3.63) is 75.8 Å². The Morgan fingerprint density at radius 3 is 2.27 bits per heavy atom. The number of aromatic nitrogens is 1. The van der Waals surface area contributed by atoms with Gasteiger partial charge in [-0.25, -0.2) is 13.4 Å². The number of hydrogen-bond donors (Lipinski definition) is 0. The number of benzene rings is 2. The first kappa shape index (κ1) is 23.7. The minimum absolute atomic E-state index is 0.185. The van der Waals surface area contributed by atoms with Crippen LogP contribution in [0.5, 0.6) is 0 Å². The Bertz CT molecular complexity index is 1230. The molecule has 0 N–H and O–H groups in total. The topological polar surface area (TPSA) is 53.5 Å². The van der Waals surface area contributed by atoms with Crippen LogP contribution in [0, 0.1) is 13.8 Å². The number of sulfonamides is 1. The van der Waals surface area contributed by atoms with E-state index in [-0.39, 0.29) is 18.0 Å². The molecule has 0 aliphatic carbocycles. The number of halogens is 3. The quantitative estimate of drug-likeness (QED) is 0.506. The second-order valence-corrected chi connectivity index (χ2v) is 10.9. The molecule has 10 heteroatoms. The van der Waals surface area contributed by atoms with Crippen molar-refractivity contribution in [2.24, 2.45) is 0 Å². The average Bonchev–Trinajstić information content (AvgIpc) is 3.25. The van der Waals surface area contributed by atoms with Gasteiger partial charge in [0.25, 0.3) is 0 Å². The van der Waals surface area contributed by atoms with Crippen molar-refractivity contribution in [3.8, 4) is 0 Å². The minimum atomic E-state index is -4.59. The van der Waals surface area contributed by atoms with Crippen molar-refractivity contribution in [1.29, 1.82) is 0 Å². The molecule has 1 aromatic heterocycles. The largest absolute Gasteiger partial charge is 0.416 e. The van der Waals surface area contributed by atoms with Gasteiger partial charge in [0.15, 0.2) is 5.13 Å². The van der Waals surface area contributed by atoms with E-state index in [1.54, 1.807) is 0 Å². The van der Waals surface area contributed by atoms with Crippen LogP contribution in [0.3, 0.4) is 0 Å². The Morgan fingerprint density at radius 2 is 1.64 bits per heavy atom. The van der Waals surface area contributed by atoms with Gasteiger partial charge in [0.2, 0.25) is 10.0 Å². The van der Waals surface area contributed by atoms with Gasteiger partial charge in [0, 0.05) is 38.0 Å². The van der Waals surface area contributed by atoms with Crippen molar-refractivity contribution < 1.29 is 21.6 Å². The monoisotopic (exact) mass is 495 g/mol. The maximum Gasteiger partial charge on any atom is 0.416 e. The van der Waals surface area contributed by atoms with E-state index in [9.17, 15) is 21.6 Å². The van der Waals surface area contributed by atoms with Gasteiger partial charge in [-0.2, -0.15) is 17.5 Å². The van der Waals surface area contributed by atoms with Crippen molar-refractivity contribution in [3.63, 3.8) is 0 Å². The van der Waals surface area contributed by atoms with Crippen molar-refractivity contribution >= 4 is 26.5 Å². The summed E-state index contributed by atoms with van der Waals surface area (Å²) in [6.45, 7) is 5.39. The second kappa shape index (κ2) is 9.08. The number of piperazine rings is 1. The van der Waals surface area contributed by atoms with E-state index >= 15 is 0 Å². The summed E-state index contributed by atoms with van der Waals surface area (Å²) in [4.78, 5) is 6.43. The summed E-state index contributed by atoms with van der Waals surface area (Å²) in [7, 11) is -4.01. The predicted molar refractivity (Wildman–Crippen MR) is 123 cm³/mol. The van der Waals surface area contributed by atoms with Crippen LogP contribution >= 0.6 is 11.3 Å². The Kier molecular flexibility index (Phi) is 6.52. The van der Waals surface area contributed by atoms with Crippen LogP contribution in [0.1, 0.15) is 27.9 Å². The number of aryl methyl sites for hydroxylation is 2. The van der Waals surface area contributed by atoms with Crippen LogP contribution in [0.25, 0.3) is 0 Å². The van der Waals surface area contributed by atoms with Gasteiger partial charge in [-0.3, -0.25) is 0 Å². The molecular formula is C23H24F3N3O2S2. The molecule has 0 atom stereocenters. The number of nitrogens with zero attached hydrogens (tertiary/aromatic N) is 3. The maximum atomic E-state index is 13.0. The van der Waals surface area contributed by atoms with Crippen LogP contribution in [0.2, 0.25) is 0 Å². The molecule has 1 aliphatic heterocycles. The molecule has 1 saturated heterocycles. The maximum absolute atomic E-state index is 13.0. The average molecular weight is 496 g/mol. The first-order valence-electron chi connectivity index (χ1n) is 10.5. The highest BCUT2D eigenvalue weighted by Crippen LogP contribution is 2.32. The number of rotatable bonds is 5. The summed E-state index contributed by atoms with van der Waals surface area (Å²) in [6.07, 6.45) is -3.86. The van der Waals surface area contributed by atoms with Gasteiger partial charge in [-0.1, -0.05) is 24.3 Å². The van der Waals surface area contributed by atoms with Crippen molar-refractivity contribution in [1.82, 2.24) is 9.29 Å². The number of thiazole rings is 1. The van der Waals surface area contributed by atoms with E-state index in [0.717, 1.165) is 29.4 Å². The predicted octanol–water partition coefficient (Wildman–Crippen LogP) is 4.88. The Morgan fingerprint density at radius 1 is 1.00 bits per heavy atom. The third-order valence-corrected chi connectivity index (χ3v) is 8.70. The fraction of sp³-hybridized carbons (Fsp3) is 0.348. The molecule has 1 fully saturated rings. The van der Waals surface area contributed by atoms with Gasteiger partial charge in [-0.05, 0) is 48.7 Å². The molecule has 0 saturated carbocycles. The van der Waals surface area contributed by atoms with E-state index in [4.69, 9.17) is 4.98 Å². The zero-order chi connectivity index (χ0) is 23.8. The molecule has 3 aromatic rings. The van der Waals surface area contributed by atoms with Gasteiger partial charge < -0.3 is 4.90 Å². The fourth-order valence-electron chi connectivity index (χ4n) is 3.93. The van der Waals surface area contributed by atoms with E-state index in [1.807, 2.05) is 16.3 Å². The molecule has 1 aliphatic rings. The molecule has 0 bridgehead atoms. The molecular weight excluding hydrogens is 471 g/mol. The summed E-state index contributed by atoms with van der Waals surface area (Å²) in [6, 6.07) is 10.1. The lowest BCUT2D eigenvalue weighted by atomic mass is 9.99. The molecule has 5 nitrogen and oxygen atoms in total. The lowest BCUT2D eigenvalue weighted by Crippen LogP contribution is -2.48. The van der Waals surface area contributed by atoms with Crippen LogP contribution in [-0.4, -0.2) is 43.9 Å². The highest BCUT2D eigenvalue weighted by Gasteiger charge is 2.34. The SMILES string of the molecule is Cc1cccc(C)c1Cc1csc(N2CCN(S(=O)(=O)c3cccc(C(F)(F)F)c3)CC2)n1. The minimum Gasteiger partial charge on any atom is -0.345 e. The molecule has 0 amide bonds. The third-order valence-electron chi connectivity index (χ3n) is 5.85. The zero-order valence-electron chi connectivity index (χ0n) is 18.3. The second-order valence-electron chi connectivity index (χ2n) is 8.09. The first-order chi connectivity index (χ1) is 15.6. The zero-order valence-corrected chi connectivity index (χ0v) is 19.9. The van der Waals surface area contributed by atoms with E-state index in [1.165, 1.54) is 38.4 Å². The normalized spacial score (nSPS) is 15.7. The molecule has 0 unspecified atom stereocenters. The first-order valence-corrected chi connectivity index (χ1v) is 12.8. The summed E-state index contributed by atoms with van der Waals surface area (Å²) in [5.41, 5.74) is 3.69. The van der Waals surface area contributed by atoms with E-state index in [2.05, 4.69) is 26.0 Å². The summed E-state index contributed by atoms with van der Waals surface area (Å²) >= 11 is 1.52. The summed E-state index contributed by atoms with van der Waals surface area (Å²) in [5.74, 6) is 0. The van der Waals surface area contributed by atoms with Crippen LogP contribution in [-0.2, 0) is 22.6 Å². The summed E-state index contributed by atoms with van der Waals surface area (Å²) in [5, 5.41) is 2.85. The molecule has 176 valence electrons. The highest BCUT2D eigenvalue weighted by molar-refractivity contribution is 7.89. The Labute approximate surface area is 195 Å². The van der Waals surface area contributed by atoms with Gasteiger partial charge in [0.05, 0.1) is 16.2 Å². The van der Waals surface area contributed by atoms with Crippen molar-refractivity contribution in [2.75, 3.05) is 31.1 Å². The molecule has 0 spiro atoms. The van der Waals surface area contributed by atoms with Gasteiger partial charge in [0.1, 0.15) is 0 Å². The smallest absolute Gasteiger partial charge is 0.345 e. The van der Waals surface area contributed by atoms with E-state index < -0.39 is 21.8 Å². The number of hydrogen-bond acceptors (Lipinski definition) is 5. The van der Waals surface area contributed by atoms with Crippen LogP contribution < -0.4 is 4.90 Å². The molecule has 2 heterocycles. The van der Waals surface area contributed by atoms with Crippen LogP contribution in [0.15, 0.2) is 52.7 Å². The van der Waals surface area contributed by atoms with Gasteiger partial charge in [-0.15, -0.1) is 11.3 Å². The van der Waals surface area contributed by atoms with Crippen LogP contribution in [0.4, 0.5) is 18.3 Å². The Hall–Kier alpha value is -2.43. The molecule has 4 rings (SSSR count).